The fraction of sp³-hybridized carbons (Fsp3) is 0.227. The Labute approximate surface area is 181 Å². The molecule has 1 heterocycles. The minimum absolute atomic E-state index is 0.367. The van der Waals surface area contributed by atoms with Crippen molar-refractivity contribution in [3.63, 3.8) is 0 Å². The highest BCUT2D eigenvalue weighted by atomic mass is 32.1. The van der Waals surface area contributed by atoms with Crippen LogP contribution in [0.25, 0.3) is 0 Å². The van der Waals surface area contributed by atoms with Crippen molar-refractivity contribution in [2.75, 3.05) is 24.9 Å². The van der Waals surface area contributed by atoms with Crippen molar-refractivity contribution in [2.45, 2.75) is 20.4 Å². The van der Waals surface area contributed by atoms with Crippen molar-refractivity contribution in [3.05, 3.63) is 71.0 Å². The van der Waals surface area contributed by atoms with Crippen LogP contribution in [0.15, 0.2) is 48.5 Å². The summed E-state index contributed by atoms with van der Waals surface area (Å²) in [6.07, 6.45) is 0. The van der Waals surface area contributed by atoms with Gasteiger partial charge in [0.25, 0.3) is 0 Å². The lowest BCUT2D eigenvalue weighted by Crippen LogP contribution is -2.20. The van der Waals surface area contributed by atoms with Gasteiger partial charge in [-0.3, -0.25) is 4.68 Å². The normalized spacial score (nSPS) is 10.4. The second-order valence-corrected chi connectivity index (χ2v) is 7.07. The molecule has 0 aliphatic rings. The van der Waals surface area contributed by atoms with Crippen LogP contribution in [-0.4, -0.2) is 35.1 Å². The molecule has 0 unspecified atom stereocenters. The number of nitrogens with zero attached hydrogens (tertiary/aromatic N) is 2. The maximum absolute atomic E-state index is 12.0. The minimum atomic E-state index is -0.367. The molecule has 0 fully saturated rings. The molecule has 2 N–H and O–H groups in total. The van der Waals surface area contributed by atoms with Crippen molar-refractivity contribution < 1.29 is 14.3 Å². The number of carbonyl (C=O) groups is 1. The van der Waals surface area contributed by atoms with Gasteiger partial charge in [0.15, 0.2) is 5.11 Å². The van der Waals surface area contributed by atoms with Crippen LogP contribution in [0.1, 0.15) is 27.3 Å². The lowest BCUT2D eigenvalue weighted by molar-refractivity contribution is 0.0599. The highest BCUT2D eigenvalue weighted by Gasteiger charge is 2.16. The van der Waals surface area contributed by atoms with Crippen LogP contribution in [0.5, 0.6) is 5.75 Å². The molecular formula is C22H24N4O3S. The van der Waals surface area contributed by atoms with Crippen LogP contribution >= 0.6 is 12.2 Å². The molecule has 0 amide bonds. The summed E-state index contributed by atoms with van der Waals surface area (Å²) in [5, 5.41) is 11.4. The van der Waals surface area contributed by atoms with E-state index in [1.165, 1.54) is 7.11 Å². The first kappa shape index (κ1) is 21.3. The lowest BCUT2D eigenvalue weighted by atomic mass is 10.1. The first-order valence-corrected chi connectivity index (χ1v) is 9.76. The fourth-order valence-electron chi connectivity index (χ4n) is 3.14. The van der Waals surface area contributed by atoms with Crippen LogP contribution in [0, 0.1) is 13.8 Å². The molecule has 0 atom stereocenters. The van der Waals surface area contributed by atoms with Gasteiger partial charge in [-0.05, 0) is 49.8 Å². The van der Waals surface area contributed by atoms with Gasteiger partial charge in [-0.2, -0.15) is 5.10 Å². The zero-order valence-electron chi connectivity index (χ0n) is 17.4. The van der Waals surface area contributed by atoms with Crippen molar-refractivity contribution >= 4 is 34.7 Å². The number of carbonyl (C=O) groups excluding carboxylic acids is 1. The summed E-state index contributed by atoms with van der Waals surface area (Å²) in [5.74, 6) is 0.376. The summed E-state index contributed by atoms with van der Waals surface area (Å²) in [7, 11) is 3.00. The summed E-state index contributed by atoms with van der Waals surface area (Å²) in [5.41, 5.74) is 4.71. The zero-order valence-corrected chi connectivity index (χ0v) is 18.2. The van der Waals surface area contributed by atoms with Crippen molar-refractivity contribution in [1.82, 2.24) is 9.78 Å². The Hall–Kier alpha value is -3.39. The standard InChI is InChI=1S/C22H24N4O3S/c1-14-20(24-22(30)23-17-9-7-10-18(12-17)28-3)15(2)26(25-14)13-16-8-5-6-11-19(16)21(27)29-4/h5-12H,13H2,1-4H3,(H2,23,24,30). The molecule has 0 aliphatic carbocycles. The quantitative estimate of drug-likeness (QED) is 0.455. The zero-order chi connectivity index (χ0) is 21.7. The molecule has 3 rings (SSSR count). The molecule has 0 saturated carbocycles. The van der Waals surface area contributed by atoms with Crippen LogP contribution in [0.4, 0.5) is 11.4 Å². The van der Waals surface area contributed by atoms with E-state index in [4.69, 9.17) is 21.7 Å². The Morgan fingerprint density at radius 2 is 1.87 bits per heavy atom. The first-order chi connectivity index (χ1) is 14.4. The molecule has 0 radical (unpaired) electrons. The maximum atomic E-state index is 12.0. The molecule has 0 saturated heterocycles. The molecule has 30 heavy (non-hydrogen) atoms. The largest absolute Gasteiger partial charge is 0.497 e. The molecule has 8 heteroatoms. The molecule has 0 spiro atoms. The molecule has 0 bridgehead atoms. The van der Waals surface area contributed by atoms with E-state index < -0.39 is 0 Å². The molecule has 0 aliphatic heterocycles. The predicted molar refractivity (Wildman–Crippen MR) is 121 cm³/mol. The third-order valence-corrected chi connectivity index (χ3v) is 4.89. The van der Waals surface area contributed by atoms with E-state index in [1.807, 2.05) is 61.0 Å². The number of rotatable bonds is 6. The lowest BCUT2D eigenvalue weighted by Gasteiger charge is -2.12. The number of hydrogen-bond acceptors (Lipinski definition) is 5. The Kier molecular flexibility index (Phi) is 6.68. The summed E-state index contributed by atoms with van der Waals surface area (Å²) in [6, 6.07) is 14.9. The predicted octanol–water partition coefficient (Wildman–Crippen LogP) is 4.15. The number of benzene rings is 2. The van der Waals surface area contributed by atoms with Crippen molar-refractivity contribution in [2.24, 2.45) is 0 Å². The first-order valence-electron chi connectivity index (χ1n) is 9.35. The van der Waals surface area contributed by atoms with Crippen LogP contribution in [-0.2, 0) is 11.3 Å². The topological polar surface area (TPSA) is 77.4 Å². The monoisotopic (exact) mass is 424 g/mol. The summed E-state index contributed by atoms with van der Waals surface area (Å²) in [6.45, 7) is 4.30. The molecule has 1 aromatic heterocycles. The van der Waals surface area contributed by atoms with E-state index in [1.54, 1.807) is 13.2 Å². The number of thiocarbonyl (C=S) groups is 1. The molecule has 2 aromatic carbocycles. The van der Waals surface area contributed by atoms with Gasteiger partial charge in [0, 0.05) is 11.8 Å². The maximum Gasteiger partial charge on any atom is 0.338 e. The summed E-state index contributed by atoms with van der Waals surface area (Å²) in [4.78, 5) is 12.0. The van der Waals surface area contributed by atoms with Crippen molar-refractivity contribution in [3.8, 4) is 5.75 Å². The van der Waals surface area contributed by atoms with Gasteiger partial charge in [0.05, 0.1) is 43.4 Å². The van der Waals surface area contributed by atoms with Gasteiger partial charge >= 0.3 is 5.97 Å². The van der Waals surface area contributed by atoms with Gasteiger partial charge in [-0.15, -0.1) is 0 Å². The van der Waals surface area contributed by atoms with Gasteiger partial charge in [0.2, 0.25) is 0 Å². The van der Waals surface area contributed by atoms with Gasteiger partial charge in [0.1, 0.15) is 5.75 Å². The molecule has 3 aromatic rings. The van der Waals surface area contributed by atoms with Crippen LogP contribution in [0.3, 0.4) is 0 Å². The average Bonchev–Trinajstić information content (AvgIpc) is 3.01. The van der Waals surface area contributed by atoms with Gasteiger partial charge in [-0.25, -0.2) is 4.79 Å². The third kappa shape index (κ3) is 4.77. The highest BCUT2D eigenvalue weighted by molar-refractivity contribution is 7.80. The number of esters is 1. The number of ether oxygens (including phenoxy) is 2. The number of methoxy groups -OCH3 is 2. The van der Waals surface area contributed by atoms with E-state index >= 15 is 0 Å². The van der Waals surface area contributed by atoms with Gasteiger partial charge in [-0.1, -0.05) is 24.3 Å². The second-order valence-electron chi connectivity index (χ2n) is 6.66. The fourth-order valence-corrected chi connectivity index (χ4v) is 3.36. The van der Waals surface area contributed by atoms with E-state index in [2.05, 4.69) is 15.7 Å². The number of hydrogen-bond donors (Lipinski definition) is 2. The average molecular weight is 425 g/mol. The number of nitrogens with one attached hydrogen (secondary N) is 2. The number of aromatic nitrogens is 2. The Balaban J connectivity index is 1.77. The van der Waals surface area contributed by atoms with E-state index in [0.717, 1.165) is 34.1 Å². The minimum Gasteiger partial charge on any atom is -0.497 e. The van der Waals surface area contributed by atoms with Crippen molar-refractivity contribution in [1.29, 1.82) is 0 Å². The Morgan fingerprint density at radius 3 is 2.60 bits per heavy atom. The van der Waals surface area contributed by atoms with E-state index in [9.17, 15) is 4.79 Å². The summed E-state index contributed by atoms with van der Waals surface area (Å²) < 4.78 is 12.0. The van der Waals surface area contributed by atoms with E-state index in [0.29, 0.717) is 17.2 Å². The molecular weight excluding hydrogens is 400 g/mol. The van der Waals surface area contributed by atoms with Gasteiger partial charge < -0.3 is 20.1 Å². The van der Waals surface area contributed by atoms with Crippen LogP contribution < -0.4 is 15.4 Å². The highest BCUT2D eigenvalue weighted by Crippen LogP contribution is 2.23. The van der Waals surface area contributed by atoms with Crippen LogP contribution in [0.2, 0.25) is 0 Å². The van der Waals surface area contributed by atoms with E-state index in [-0.39, 0.29) is 5.97 Å². The SMILES string of the molecule is COC(=O)c1ccccc1Cn1nc(C)c(NC(=S)Nc2cccc(OC)c2)c1C. The number of anilines is 2. The molecule has 7 nitrogen and oxygen atoms in total. The Bertz CT molecular complexity index is 1080. The Morgan fingerprint density at radius 1 is 1.10 bits per heavy atom. The third-order valence-electron chi connectivity index (χ3n) is 4.69. The smallest absolute Gasteiger partial charge is 0.338 e. The molecule has 156 valence electrons. The number of aryl methyl sites for hydroxylation is 1. The second kappa shape index (κ2) is 9.41. The summed E-state index contributed by atoms with van der Waals surface area (Å²) >= 11 is 5.47.